The summed E-state index contributed by atoms with van der Waals surface area (Å²) >= 11 is 0. The SMILES string of the molecule is [2H]C([2H])([2H])C(C)(c1cc(C(C)(C)C)cc(-c2nc3c(-c4cc(-c5ccccc5)cc(-c5cc(-c6ccc(-c7ccccc7)cc6)ccn5)c4)cccc3n2-c2ccc(C(C)(C)C)cc2-c2ccccc2)c1O)C([2H])([2H])[2H]. The molecular weight excluding hydrogens is 851 g/mol. The molecule has 0 aliphatic heterocycles. The van der Waals surface area contributed by atoms with Gasteiger partial charge in [0.15, 0.2) is 0 Å². The Bertz CT molecular complexity index is 3740. The number of imidazole rings is 1. The molecule has 0 saturated carbocycles. The average molecular weight is 918 g/mol. The van der Waals surface area contributed by atoms with E-state index in [2.05, 4.69) is 124 Å². The average Bonchev–Trinajstić information content (AvgIpc) is 3.98. The first kappa shape index (κ1) is 39.1. The highest BCUT2D eigenvalue weighted by molar-refractivity contribution is 5.98. The number of aromatic nitrogens is 3. The van der Waals surface area contributed by atoms with Crippen LogP contribution in [0.25, 0.3) is 95.0 Å². The van der Waals surface area contributed by atoms with Crippen LogP contribution in [0.4, 0.5) is 0 Å². The molecule has 0 unspecified atom stereocenters. The quantitative estimate of drug-likeness (QED) is 0.165. The van der Waals surface area contributed by atoms with Gasteiger partial charge in [0.05, 0.1) is 28.0 Å². The van der Waals surface area contributed by atoms with Crippen LogP contribution in [0.2, 0.25) is 0 Å². The van der Waals surface area contributed by atoms with E-state index in [-0.39, 0.29) is 16.5 Å². The maximum Gasteiger partial charge on any atom is 0.149 e. The number of pyridine rings is 1. The number of rotatable bonds is 8. The van der Waals surface area contributed by atoms with Gasteiger partial charge in [-0.3, -0.25) is 9.55 Å². The van der Waals surface area contributed by atoms with E-state index in [1.165, 1.54) is 6.92 Å². The van der Waals surface area contributed by atoms with Gasteiger partial charge in [-0.15, -0.1) is 0 Å². The second-order valence-corrected chi connectivity index (χ2v) is 20.6. The van der Waals surface area contributed by atoms with Crippen molar-refractivity contribution in [3.63, 3.8) is 0 Å². The van der Waals surface area contributed by atoms with Crippen molar-refractivity contribution in [2.75, 3.05) is 0 Å². The van der Waals surface area contributed by atoms with E-state index < -0.39 is 30.3 Å². The van der Waals surface area contributed by atoms with Gasteiger partial charge in [-0.05, 0) is 126 Å². The predicted octanol–water partition coefficient (Wildman–Crippen LogP) is 17.7. The highest BCUT2D eigenvalue weighted by Crippen LogP contribution is 2.46. The molecule has 0 amide bonds. The minimum absolute atomic E-state index is 0.192. The molecule has 0 radical (unpaired) electrons. The molecule has 1 N–H and O–H groups in total. The molecule has 8 aromatic carbocycles. The summed E-state index contributed by atoms with van der Waals surface area (Å²) < 4.78 is 54.5. The molecule has 10 aromatic rings. The zero-order chi connectivity index (χ0) is 54.0. The van der Waals surface area contributed by atoms with Crippen molar-refractivity contribution in [1.29, 1.82) is 0 Å². The van der Waals surface area contributed by atoms with Crippen LogP contribution < -0.4 is 0 Å². The normalized spacial score (nSPS) is 13.8. The van der Waals surface area contributed by atoms with Crippen molar-refractivity contribution in [2.24, 2.45) is 0 Å². The van der Waals surface area contributed by atoms with Crippen molar-refractivity contribution >= 4 is 11.0 Å². The summed E-state index contributed by atoms with van der Waals surface area (Å²) in [5.41, 5.74) is 12.2. The molecule has 346 valence electrons. The van der Waals surface area contributed by atoms with Gasteiger partial charge in [-0.1, -0.05) is 202 Å². The maximum absolute atomic E-state index is 12.8. The summed E-state index contributed by atoms with van der Waals surface area (Å²) in [6.45, 7) is 7.62. The summed E-state index contributed by atoms with van der Waals surface area (Å²) in [5, 5.41) is 12.8. The monoisotopic (exact) mass is 918 g/mol. The molecule has 0 spiro atoms. The number of hydrogen-bond donors (Lipinski definition) is 1. The number of hydrogen-bond acceptors (Lipinski definition) is 3. The van der Waals surface area contributed by atoms with Crippen LogP contribution in [-0.4, -0.2) is 19.6 Å². The molecule has 0 aliphatic rings. The van der Waals surface area contributed by atoms with Crippen molar-refractivity contribution in [2.45, 2.75) is 78.4 Å². The molecule has 0 fully saturated rings. The van der Waals surface area contributed by atoms with Crippen LogP contribution in [-0.2, 0) is 16.2 Å². The molecule has 0 aliphatic carbocycles. The standard InChI is InChI=1S/C66H61N3O/c1-64(2,3)52-32-33-59(55(40-52)47-24-17-12-18-25-47)69-60-27-19-26-54(61(60)68-63(69)56-41-53(65(4,5)6)42-57(62(56)70)66(7,8)9)50-36-49(44-22-15-11-16-23-44)37-51(38-50)58-39-48(34-35-67-58)46-30-28-45(29-31-46)43-20-13-10-14-21-43/h10-42,70H,1-9H3/i7D3,8D3. The number of phenolic OH excluding ortho intramolecular Hbond substituents is 1. The Labute approximate surface area is 422 Å². The Kier molecular flexibility index (Phi) is 10.0. The Morgan fingerprint density at radius 2 is 0.986 bits per heavy atom. The Balaban J connectivity index is 1.26. The number of fused-ring (bicyclic) bond motifs is 1. The fourth-order valence-electron chi connectivity index (χ4n) is 9.40. The van der Waals surface area contributed by atoms with E-state index in [1.807, 2.05) is 116 Å². The number of benzene rings is 8. The lowest BCUT2D eigenvalue weighted by atomic mass is 9.79. The Hall–Kier alpha value is -7.82. The van der Waals surface area contributed by atoms with E-state index in [4.69, 9.17) is 18.2 Å². The van der Waals surface area contributed by atoms with Crippen LogP contribution in [0.1, 0.15) is 87.1 Å². The lowest BCUT2D eigenvalue weighted by molar-refractivity contribution is 0.446. The van der Waals surface area contributed by atoms with E-state index in [1.54, 1.807) is 6.07 Å². The summed E-state index contributed by atoms with van der Waals surface area (Å²) in [6.07, 6.45) is 1.85. The molecular formula is C66H61N3O. The number of phenols is 1. The Morgan fingerprint density at radius 1 is 0.429 bits per heavy atom. The Morgan fingerprint density at radius 3 is 1.61 bits per heavy atom. The largest absolute Gasteiger partial charge is 0.507 e. The molecule has 0 saturated heterocycles. The van der Waals surface area contributed by atoms with Crippen LogP contribution in [0.15, 0.2) is 200 Å². The minimum atomic E-state index is -3.04. The van der Waals surface area contributed by atoms with E-state index >= 15 is 0 Å². The van der Waals surface area contributed by atoms with E-state index in [0.717, 1.165) is 83.7 Å². The van der Waals surface area contributed by atoms with Gasteiger partial charge >= 0.3 is 0 Å². The first-order valence-electron chi connectivity index (χ1n) is 26.9. The zero-order valence-corrected chi connectivity index (χ0v) is 40.8. The maximum atomic E-state index is 12.8. The number of nitrogens with zero attached hydrogens (tertiary/aromatic N) is 3. The molecule has 0 bridgehead atoms. The van der Waals surface area contributed by atoms with Gasteiger partial charge < -0.3 is 5.11 Å². The van der Waals surface area contributed by atoms with Crippen LogP contribution in [0.3, 0.4) is 0 Å². The number of aromatic hydroxyl groups is 1. The second kappa shape index (κ2) is 17.9. The highest BCUT2D eigenvalue weighted by Gasteiger charge is 2.30. The van der Waals surface area contributed by atoms with Gasteiger partial charge in [0, 0.05) is 36.7 Å². The summed E-state index contributed by atoms with van der Waals surface area (Å²) in [4.78, 5) is 10.5. The first-order valence-corrected chi connectivity index (χ1v) is 23.9. The van der Waals surface area contributed by atoms with Crippen LogP contribution in [0, 0.1) is 0 Å². The fraction of sp³-hybridized carbons (Fsp3) is 0.182. The molecule has 2 heterocycles. The minimum Gasteiger partial charge on any atom is -0.507 e. The lowest BCUT2D eigenvalue weighted by Gasteiger charge is -2.28. The van der Waals surface area contributed by atoms with Gasteiger partial charge in [0.2, 0.25) is 0 Å². The smallest absolute Gasteiger partial charge is 0.149 e. The molecule has 0 atom stereocenters. The molecule has 70 heavy (non-hydrogen) atoms. The lowest BCUT2D eigenvalue weighted by Crippen LogP contribution is -2.17. The fourth-order valence-corrected chi connectivity index (χ4v) is 9.40. The second-order valence-electron chi connectivity index (χ2n) is 20.6. The molecule has 4 nitrogen and oxygen atoms in total. The number of para-hydroxylation sites is 1. The third-order valence-electron chi connectivity index (χ3n) is 13.4. The topological polar surface area (TPSA) is 50.9 Å². The summed E-state index contributed by atoms with van der Waals surface area (Å²) in [6, 6.07) is 65.8. The summed E-state index contributed by atoms with van der Waals surface area (Å²) in [5.74, 6) is -0.138. The van der Waals surface area contributed by atoms with Crippen LogP contribution >= 0.6 is 0 Å². The first-order chi connectivity index (χ1) is 36.0. The predicted molar refractivity (Wildman–Crippen MR) is 295 cm³/mol. The zero-order valence-electron chi connectivity index (χ0n) is 46.8. The van der Waals surface area contributed by atoms with Gasteiger partial charge in [-0.2, -0.15) is 0 Å². The molecule has 4 heteroatoms. The van der Waals surface area contributed by atoms with E-state index in [9.17, 15) is 5.11 Å². The molecule has 2 aromatic heterocycles. The van der Waals surface area contributed by atoms with Crippen molar-refractivity contribution in [3.8, 4) is 89.7 Å². The van der Waals surface area contributed by atoms with Crippen molar-refractivity contribution < 1.29 is 13.3 Å². The van der Waals surface area contributed by atoms with E-state index in [0.29, 0.717) is 16.9 Å². The third kappa shape index (κ3) is 8.98. The van der Waals surface area contributed by atoms with Gasteiger partial charge in [-0.25, -0.2) is 4.98 Å². The van der Waals surface area contributed by atoms with Crippen LogP contribution in [0.5, 0.6) is 5.75 Å². The van der Waals surface area contributed by atoms with Crippen molar-refractivity contribution in [1.82, 2.24) is 14.5 Å². The van der Waals surface area contributed by atoms with Crippen molar-refractivity contribution in [3.05, 3.63) is 217 Å². The summed E-state index contributed by atoms with van der Waals surface area (Å²) in [7, 11) is 0. The molecule has 10 rings (SSSR count). The highest BCUT2D eigenvalue weighted by atomic mass is 16.3. The van der Waals surface area contributed by atoms with Gasteiger partial charge in [0.25, 0.3) is 0 Å². The third-order valence-corrected chi connectivity index (χ3v) is 13.4. The van der Waals surface area contributed by atoms with Gasteiger partial charge in [0.1, 0.15) is 11.6 Å².